The Morgan fingerprint density at radius 1 is 1.33 bits per heavy atom. The predicted octanol–water partition coefficient (Wildman–Crippen LogP) is 1.05. The number of pyridine rings is 1. The van der Waals surface area contributed by atoms with Gasteiger partial charge in [-0.1, -0.05) is 6.92 Å². The molecule has 2 heterocycles. The van der Waals surface area contributed by atoms with Crippen molar-refractivity contribution in [3.8, 4) is 0 Å². The zero-order chi connectivity index (χ0) is 10.5. The van der Waals surface area contributed by atoms with Crippen molar-refractivity contribution < 1.29 is 0 Å². The summed E-state index contributed by atoms with van der Waals surface area (Å²) >= 11 is 0. The number of hydrogen-bond acceptors (Lipinski definition) is 3. The van der Waals surface area contributed by atoms with Crippen LogP contribution < -0.4 is 5.32 Å². The van der Waals surface area contributed by atoms with Crippen molar-refractivity contribution in [2.24, 2.45) is 0 Å². The van der Waals surface area contributed by atoms with Crippen LogP contribution in [0.5, 0.6) is 0 Å². The van der Waals surface area contributed by atoms with Crippen LogP contribution in [0.15, 0.2) is 18.5 Å². The van der Waals surface area contributed by atoms with Crippen LogP contribution in [-0.2, 0) is 13.0 Å². The van der Waals surface area contributed by atoms with Crippen LogP contribution in [-0.4, -0.2) is 36.1 Å². The standard InChI is InChI=1S/C12H19N3/c1-2-11-3-4-14-9-12(11)10-15-7-5-13-6-8-15/h3-4,9,13H,2,5-8,10H2,1H3. The highest BCUT2D eigenvalue weighted by atomic mass is 15.2. The SMILES string of the molecule is CCc1ccncc1CN1CCNCC1. The normalized spacial score (nSPS) is 17.9. The van der Waals surface area contributed by atoms with Crippen LogP contribution in [0.1, 0.15) is 18.1 Å². The quantitative estimate of drug-likeness (QED) is 0.799. The van der Waals surface area contributed by atoms with Crippen LogP contribution in [0.2, 0.25) is 0 Å². The molecular weight excluding hydrogens is 186 g/mol. The second-order valence-electron chi connectivity index (χ2n) is 4.02. The molecule has 1 N–H and O–H groups in total. The van der Waals surface area contributed by atoms with Gasteiger partial charge in [0, 0.05) is 45.1 Å². The average Bonchev–Trinajstić information content (AvgIpc) is 2.31. The molecule has 1 saturated heterocycles. The topological polar surface area (TPSA) is 28.2 Å². The van der Waals surface area contributed by atoms with E-state index in [1.165, 1.54) is 11.1 Å². The minimum Gasteiger partial charge on any atom is -0.314 e. The number of aromatic nitrogens is 1. The lowest BCUT2D eigenvalue weighted by Crippen LogP contribution is -2.43. The first-order valence-electron chi connectivity index (χ1n) is 5.75. The summed E-state index contributed by atoms with van der Waals surface area (Å²) in [5.74, 6) is 0. The summed E-state index contributed by atoms with van der Waals surface area (Å²) in [4.78, 5) is 6.71. The van der Waals surface area contributed by atoms with Gasteiger partial charge < -0.3 is 5.32 Å². The summed E-state index contributed by atoms with van der Waals surface area (Å²) in [5.41, 5.74) is 2.82. The third-order valence-corrected chi connectivity index (χ3v) is 2.99. The van der Waals surface area contributed by atoms with Crippen LogP contribution in [0.25, 0.3) is 0 Å². The Kier molecular flexibility index (Phi) is 3.69. The van der Waals surface area contributed by atoms with E-state index in [0.29, 0.717) is 0 Å². The molecule has 3 heteroatoms. The maximum absolute atomic E-state index is 4.22. The minimum atomic E-state index is 1.05. The van der Waals surface area contributed by atoms with E-state index in [4.69, 9.17) is 0 Å². The fraction of sp³-hybridized carbons (Fsp3) is 0.583. The molecule has 0 amide bonds. The first-order valence-corrected chi connectivity index (χ1v) is 5.75. The monoisotopic (exact) mass is 205 g/mol. The summed E-state index contributed by atoms with van der Waals surface area (Å²) in [5, 5.41) is 3.37. The molecule has 1 aliphatic rings. The summed E-state index contributed by atoms with van der Waals surface area (Å²) in [6, 6.07) is 2.14. The van der Waals surface area contributed by atoms with Crippen molar-refractivity contribution >= 4 is 0 Å². The van der Waals surface area contributed by atoms with Gasteiger partial charge in [0.25, 0.3) is 0 Å². The third kappa shape index (κ3) is 2.76. The van der Waals surface area contributed by atoms with Crippen LogP contribution >= 0.6 is 0 Å². The fourth-order valence-corrected chi connectivity index (χ4v) is 2.05. The molecule has 0 aromatic carbocycles. The Bertz CT molecular complexity index is 305. The number of nitrogens with one attached hydrogen (secondary N) is 1. The van der Waals surface area contributed by atoms with Gasteiger partial charge in [0.2, 0.25) is 0 Å². The maximum Gasteiger partial charge on any atom is 0.0315 e. The number of nitrogens with zero attached hydrogens (tertiary/aromatic N) is 2. The molecular formula is C12H19N3. The molecule has 0 unspecified atom stereocenters. The highest BCUT2D eigenvalue weighted by Crippen LogP contribution is 2.11. The van der Waals surface area contributed by atoms with E-state index in [1.54, 1.807) is 0 Å². The predicted molar refractivity (Wildman–Crippen MR) is 61.8 cm³/mol. The van der Waals surface area contributed by atoms with Gasteiger partial charge in [-0.15, -0.1) is 0 Å². The van der Waals surface area contributed by atoms with Gasteiger partial charge in [0.05, 0.1) is 0 Å². The summed E-state index contributed by atoms with van der Waals surface area (Å²) < 4.78 is 0. The van der Waals surface area contributed by atoms with Gasteiger partial charge in [0.15, 0.2) is 0 Å². The van der Waals surface area contributed by atoms with Crippen LogP contribution in [0.4, 0.5) is 0 Å². The molecule has 15 heavy (non-hydrogen) atoms. The fourth-order valence-electron chi connectivity index (χ4n) is 2.05. The van der Waals surface area contributed by atoms with E-state index in [2.05, 4.69) is 28.2 Å². The molecule has 82 valence electrons. The molecule has 0 aliphatic carbocycles. The molecule has 1 aromatic rings. The van der Waals surface area contributed by atoms with E-state index in [-0.39, 0.29) is 0 Å². The number of hydrogen-bond donors (Lipinski definition) is 1. The lowest BCUT2D eigenvalue weighted by atomic mass is 10.1. The minimum absolute atomic E-state index is 1.05. The second-order valence-corrected chi connectivity index (χ2v) is 4.02. The Labute approximate surface area is 91.5 Å². The van der Waals surface area contributed by atoms with Crippen LogP contribution in [0.3, 0.4) is 0 Å². The van der Waals surface area contributed by atoms with Crippen molar-refractivity contribution in [1.29, 1.82) is 0 Å². The molecule has 0 bridgehead atoms. The van der Waals surface area contributed by atoms with Gasteiger partial charge in [-0.2, -0.15) is 0 Å². The molecule has 1 fully saturated rings. The van der Waals surface area contributed by atoms with Crippen molar-refractivity contribution in [3.63, 3.8) is 0 Å². The maximum atomic E-state index is 4.22. The van der Waals surface area contributed by atoms with Gasteiger partial charge in [-0.05, 0) is 23.6 Å². The lowest BCUT2D eigenvalue weighted by molar-refractivity contribution is 0.232. The van der Waals surface area contributed by atoms with Crippen molar-refractivity contribution in [2.75, 3.05) is 26.2 Å². The zero-order valence-corrected chi connectivity index (χ0v) is 9.37. The highest BCUT2D eigenvalue weighted by molar-refractivity contribution is 5.23. The Morgan fingerprint density at radius 2 is 2.13 bits per heavy atom. The van der Waals surface area contributed by atoms with E-state index >= 15 is 0 Å². The second kappa shape index (κ2) is 5.24. The Hall–Kier alpha value is -0.930. The number of rotatable bonds is 3. The molecule has 0 atom stereocenters. The van der Waals surface area contributed by atoms with E-state index < -0.39 is 0 Å². The third-order valence-electron chi connectivity index (χ3n) is 2.99. The first-order chi connectivity index (χ1) is 7.40. The molecule has 0 spiro atoms. The Balaban J connectivity index is 2.02. The molecule has 1 aromatic heterocycles. The number of aryl methyl sites for hydroxylation is 1. The lowest BCUT2D eigenvalue weighted by Gasteiger charge is -2.27. The van der Waals surface area contributed by atoms with E-state index in [0.717, 1.165) is 39.1 Å². The van der Waals surface area contributed by atoms with Crippen molar-refractivity contribution in [2.45, 2.75) is 19.9 Å². The highest BCUT2D eigenvalue weighted by Gasteiger charge is 2.11. The Morgan fingerprint density at radius 3 is 2.87 bits per heavy atom. The average molecular weight is 205 g/mol. The molecule has 2 rings (SSSR count). The number of piperazine rings is 1. The van der Waals surface area contributed by atoms with Crippen molar-refractivity contribution in [3.05, 3.63) is 29.6 Å². The summed E-state index contributed by atoms with van der Waals surface area (Å²) in [6.07, 6.45) is 5.00. The first kappa shape index (κ1) is 10.6. The zero-order valence-electron chi connectivity index (χ0n) is 9.37. The smallest absolute Gasteiger partial charge is 0.0315 e. The van der Waals surface area contributed by atoms with Gasteiger partial charge in [-0.3, -0.25) is 9.88 Å². The van der Waals surface area contributed by atoms with Gasteiger partial charge >= 0.3 is 0 Å². The molecule has 1 aliphatic heterocycles. The molecule has 0 saturated carbocycles. The summed E-state index contributed by atoms with van der Waals surface area (Å²) in [7, 11) is 0. The van der Waals surface area contributed by atoms with E-state index in [9.17, 15) is 0 Å². The van der Waals surface area contributed by atoms with E-state index in [1.807, 2.05) is 12.4 Å². The van der Waals surface area contributed by atoms with Crippen molar-refractivity contribution in [1.82, 2.24) is 15.2 Å². The van der Waals surface area contributed by atoms with Gasteiger partial charge in [-0.25, -0.2) is 0 Å². The summed E-state index contributed by atoms with van der Waals surface area (Å²) in [6.45, 7) is 7.79. The van der Waals surface area contributed by atoms with Crippen LogP contribution in [0, 0.1) is 0 Å². The molecule has 0 radical (unpaired) electrons. The van der Waals surface area contributed by atoms with Gasteiger partial charge in [0.1, 0.15) is 0 Å². The molecule has 3 nitrogen and oxygen atoms in total. The largest absolute Gasteiger partial charge is 0.314 e.